The number of hydrogen-bond donors (Lipinski definition) is 0. The number of carbonyl (C=O) groups is 1. The van der Waals surface area contributed by atoms with Gasteiger partial charge >= 0.3 is 5.97 Å². The molecule has 1 aromatic rings. The number of ether oxygens (including phenoxy) is 2. The van der Waals surface area contributed by atoms with Crippen LogP contribution in [-0.2, 0) is 9.53 Å². The van der Waals surface area contributed by atoms with Crippen molar-refractivity contribution in [1.29, 1.82) is 0 Å². The Kier molecular flexibility index (Phi) is 4.43. The number of hydrogen-bond acceptors (Lipinski definition) is 4. The first-order chi connectivity index (χ1) is 9.17. The topological polar surface area (TPSA) is 38.8 Å². The van der Waals surface area contributed by atoms with Crippen LogP contribution in [0.2, 0.25) is 0 Å². The number of likely N-dealkylation sites (tertiary alicyclic amines) is 1. The molecule has 0 spiro atoms. The second-order valence-electron chi connectivity index (χ2n) is 4.93. The third kappa shape index (κ3) is 2.89. The number of esters is 1. The molecule has 2 rings (SSSR count). The molecule has 1 aliphatic heterocycles. The van der Waals surface area contributed by atoms with Gasteiger partial charge in [0.25, 0.3) is 0 Å². The van der Waals surface area contributed by atoms with Gasteiger partial charge in [-0.05, 0) is 25.6 Å². The van der Waals surface area contributed by atoms with Crippen LogP contribution < -0.4 is 4.74 Å². The first-order valence-corrected chi connectivity index (χ1v) is 6.65. The molecule has 0 aliphatic carbocycles. The third-order valence-corrected chi connectivity index (χ3v) is 3.62. The Morgan fingerprint density at radius 3 is 2.79 bits per heavy atom. The van der Waals surface area contributed by atoms with Gasteiger partial charge in [0.2, 0.25) is 0 Å². The minimum atomic E-state index is -0.138. The average Bonchev–Trinajstić information content (AvgIpc) is 2.81. The number of benzene rings is 1. The van der Waals surface area contributed by atoms with Crippen molar-refractivity contribution >= 4 is 5.97 Å². The predicted molar refractivity (Wildman–Crippen MR) is 73.4 cm³/mol. The Morgan fingerprint density at radius 1 is 1.37 bits per heavy atom. The lowest BCUT2D eigenvalue weighted by molar-refractivity contribution is -0.145. The number of likely N-dealkylation sites (N-methyl/N-ethyl adjacent to an activating group) is 1. The van der Waals surface area contributed by atoms with E-state index in [4.69, 9.17) is 9.47 Å². The fourth-order valence-corrected chi connectivity index (χ4v) is 2.78. The van der Waals surface area contributed by atoms with Crippen molar-refractivity contribution in [2.45, 2.75) is 12.8 Å². The summed E-state index contributed by atoms with van der Waals surface area (Å²) in [5.41, 5.74) is 1.10. The molecule has 0 amide bonds. The monoisotopic (exact) mass is 263 g/mol. The summed E-state index contributed by atoms with van der Waals surface area (Å²) in [5, 5.41) is 0. The van der Waals surface area contributed by atoms with E-state index in [9.17, 15) is 4.79 Å². The zero-order valence-corrected chi connectivity index (χ0v) is 11.8. The highest BCUT2D eigenvalue weighted by Crippen LogP contribution is 2.37. The standard InChI is InChI=1S/C15H21NO3/c1-4-19-14-8-6-5-7-11(14)12-9-16(2)10-13(12)15(17)18-3/h5-8,12-13H,4,9-10H2,1-3H3. The quantitative estimate of drug-likeness (QED) is 0.778. The van der Waals surface area contributed by atoms with Crippen molar-refractivity contribution in [1.82, 2.24) is 4.90 Å². The Hall–Kier alpha value is -1.55. The summed E-state index contributed by atoms with van der Waals surface area (Å²) in [6.45, 7) is 4.18. The van der Waals surface area contributed by atoms with E-state index in [0.29, 0.717) is 6.61 Å². The van der Waals surface area contributed by atoms with Crippen molar-refractivity contribution in [3.63, 3.8) is 0 Å². The second-order valence-corrected chi connectivity index (χ2v) is 4.93. The highest BCUT2D eigenvalue weighted by molar-refractivity contribution is 5.74. The zero-order valence-electron chi connectivity index (χ0n) is 11.8. The smallest absolute Gasteiger partial charge is 0.310 e. The lowest BCUT2D eigenvalue weighted by Crippen LogP contribution is -2.23. The number of rotatable bonds is 4. The summed E-state index contributed by atoms with van der Waals surface area (Å²) in [7, 11) is 3.48. The van der Waals surface area contributed by atoms with Crippen molar-refractivity contribution in [3.05, 3.63) is 29.8 Å². The first-order valence-electron chi connectivity index (χ1n) is 6.65. The van der Waals surface area contributed by atoms with E-state index in [-0.39, 0.29) is 17.8 Å². The van der Waals surface area contributed by atoms with E-state index in [1.807, 2.05) is 38.2 Å². The van der Waals surface area contributed by atoms with E-state index < -0.39 is 0 Å². The molecule has 0 N–H and O–H groups in total. The summed E-state index contributed by atoms with van der Waals surface area (Å²) < 4.78 is 10.6. The van der Waals surface area contributed by atoms with Gasteiger partial charge in [0, 0.05) is 19.0 Å². The Bertz CT molecular complexity index is 447. The molecular formula is C15H21NO3. The second kappa shape index (κ2) is 6.06. The van der Waals surface area contributed by atoms with Crippen molar-refractivity contribution < 1.29 is 14.3 Å². The van der Waals surface area contributed by atoms with E-state index in [2.05, 4.69) is 4.90 Å². The van der Waals surface area contributed by atoms with Gasteiger partial charge in [0.05, 0.1) is 19.6 Å². The van der Waals surface area contributed by atoms with Crippen LogP contribution in [0.3, 0.4) is 0 Å². The van der Waals surface area contributed by atoms with Crippen LogP contribution in [0.1, 0.15) is 18.4 Å². The molecular weight excluding hydrogens is 242 g/mol. The van der Waals surface area contributed by atoms with Gasteiger partial charge in [0.15, 0.2) is 0 Å². The normalized spacial score (nSPS) is 23.3. The van der Waals surface area contributed by atoms with Crippen LogP contribution >= 0.6 is 0 Å². The molecule has 19 heavy (non-hydrogen) atoms. The maximum absolute atomic E-state index is 11.9. The minimum absolute atomic E-state index is 0.114. The van der Waals surface area contributed by atoms with E-state index in [1.165, 1.54) is 7.11 Å². The molecule has 0 saturated carbocycles. The van der Waals surface area contributed by atoms with Gasteiger partial charge in [-0.15, -0.1) is 0 Å². The molecule has 2 unspecified atom stereocenters. The molecule has 0 bridgehead atoms. The molecule has 4 nitrogen and oxygen atoms in total. The average molecular weight is 263 g/mol. The highest BCUT2D eigenvalue weighted by atomic mass is 16.5. The Balaban J connectivity index is 2.31. The van der Waals surface area contributed by atoms with Crippen LogP contribution in [0.25, 0.3) is 0 Å². The SMILES string of the molecule is CCOc1ccccc1C1CN(C)CC1C(=O)OC. The van der Waals surface area contributed by atoms with Gasteiger partial charge in [0.1, 0.15) is 5.75 Å². The molecule has 0 radical (unpaired) electrons. The molecule has 1 heterocycles. The fraction of sp³-hybridized carbons (Fsp3) is 0.533. The molecule has 1 fully saturated rings. The molecule has 1 aromatic carbocycles. The van der Waals surface area contributed by atoms with E-state index in [0.717, 1.165) is 24.4 Å². The summed E-state index contributed by atoms with van der Waals surface area (Å²) in [6, 6.07) is 7.96. The zero-order chi connectivity index (χ0) is 13.8. The van der Waals surface area contributed by atoms with E-state index >= 15 is 0 Å². The maximum Gasteiger partial charge on any atom is 0.310 e. The third-order valence-electron chi connectivity index (χ3n) is 3.62. The van der Waals surface area contributed by atoms with Gasteiger partial charge in [-0.2, -0.15) is 0 Å². The van der Waals surface area contributed by atoms with Gasteiger partial charge in [-0.25, -0.2) is 0 Å². The lowest BCUT2D eigenvalue weighted by atomic mass is 9.88. The predicted octanol–water partition coefficient (Wildman–Crippen LogP) is 1.90. The largest absolute Gasteiger partial charge is 0.494 e. The number of carbonyl (C=O) groups excluding carboxylic acids is 1. The lowest BCUT2D eigenvalue weighted by Gasteiger charge is -2.19. The van der Waals surface area contributed by atoms with Crippen LogP contribution in [0.5, 0.6) is 5.75 Å². The molecule has 1 aliphatic rings. The van der Waals surface area contributed by atoms with Crippen molar-refractivity contribution in [2.24, 2.45) is 5.92 Å². The van der Waals surface area contributed by atoms with Gasteiger partial charge in [-0.1, -0.05) is 18.2 Å². The molecule has 2 atom stereocenters. The van der Waals surface area contributed by atoms with Gasteiger partial charge < -0.3 is 14.4 Å². The number of methoxy groups -OCH3 is 1. The Morgan fingerprint density at radius 2 is 2.11 bits per heavy atom. The first kappa shape index (κ1) is 13.9. The highest BCUT2D eigenvalue weighted by Gasteiger charge is 2.38. The van der Waals surface area contributed by atoms with Crippen molar-refractivity contribution in [3.8, 4) is 5.75 Å². The maximum atomic E-state index is 11.9. The van der Waals surface area contributed by atoms with Gasteiger partial charge in [-0.3, -0.25) is 4.79 Å². The molecule has 0 aromatic heterocycles. The van der Waals surface area contributed by atoms with Crippen LogP contribution in [0, 0.1) is 5.92 Å². The summed E-state index contributed by atoms with van der Waals surface area (Å²) in [5.74, 6) is 0.761. The fourth-order valence-electron chi connectivity index (χ4n) is 2.78. The Labute approximate surface area is 114 Å². The van der Waals surface area contributed by atoms with E-state index in [1.54, 1.807) is 0 Å². The van der Waals surface area contributed by atoms with Crippen LogP contribution in [0.15, 0.2) is 24.3 Å². The summed E-state index contributed by atoms with van der Waals surface area (Å²) >= 11 is 0. The van der Waals surface area contributed by atoms with Crippen molar-refractivity contribution in [2.75, 3.05) is 33.9 Å². The number of nitrogens with zero attached hydrogens (tertiary/aromatic N) is 1. The molecule has 104 valence electrons. The summed E-state index contributed by atoms with van der Waals surface area (Å²) in [6.07, 6.45) is 0. The minimum Gasteiger partial charge on any atom is -0.494 e. The van der Waals surface area contributed by atoms with Crippen LogP contribution in [-0.4, -0.2) is 44.7 Å². The molecule has 4 heteroatoms. The summed E-state index contributed by atoms with van der Waals surface area (Å²) in [4.78, 5) is 14.1. The number of para-hydroxylation sites is 1. The molecule has 1 saturated heterocycles. The van der Waals surface area contributed by atoms with Crippen LogP contribution in [0.4, 0.5) is 0 Å².